The number of nitrogens with zero attached hydrogens (tertiary/aromatic N) is 1. The first-order valence-corrected chi connectivity index (χ1v) is 8.81. The number of fused-ring (bicyclic) bond motifs is 2. The summed E-state index contributed by atoms with van der Waals surface area (Å²) in [6.45, 7) is 8.02. The van der Waals surface area contributed by atoms with Crippen LogP contribution in [0.2, 0.25) is 0 Å². The third-order valence-electron chi connectivity index (χ3n) is 4.78. The first-order chi connectivity index (χ1) is 11.1. The lowest BCUT2D eigenvalue weighted by Crippen LogP contribution is -2.41. The summed E-state index contributed by atoms with van der Waals surface area (Å²) in [5.41, 5.74) is 4.15. The predicted octanol–water partition coefficient (Wildman–Crippen LogP) is 3.82. The summed E-state index contributed by atoms with van der Waals surface area (Å²) in [4.78, 5) is 14.9. The van der Waals surface area contributed by atoms with Crippen LogP contribution in [0.3, 0.4) is 0 Å². The van der Waals surface area contributed by atoms with Crippen LogP contribution in [0.15, 0.2) is 12.1 Å². The minimum Gasteiger partial charge on any atom is -0.336 e. The Morgan fingerprint density at radius 1 is 1.09 bits per heavy atom. The van der Waals surface area contributed by atoms with Gasteiger partial charge in [-0.25, -0.2) is 0 Å². The Kier molecular flexibility index (Phi) is 4.74. The Balaban J connectivity index is 1.86. The fourth-order valence-corrected chi connectivity index (χ4v) is 3.74. The molecule has 0 unspecified atom stereocenters. The molecule has 1 amide bonds. The Morgan fingerprint density at radius 2 is 1.78 bits per heavy atom. The monoisotopic (exact) mass is 317 g/mol. The number of carbonyl (C=O) groups excluding carboxylic acids is 1. The average molecular weight is 317 g/mol. The maximum Gasteiger partial charge on any atom is 0.292 e. The zero-order valence-corrected chi connectivity index (χ0v) is 14.5. The Hall–Kier alpha value is -1.39. The number of carbonyl (C=O) groups is 1. The van der Waals surface area contributed by atoms with Crippen LogP contribution in [0.25, 0.3) is 0 Å². The summed E-state index contributed by atoms with van der Waals surface area (Å²) in [7, 11) is 0. The maximum absolute atomic E-state index is 13.0. The van der Waals surface area contributed by atoms with Gasteiger partial charge in [-0.2, -0.15) is 0 Å². The summed E-state index contributed by atoms with van der Waals surface area (Å²) in [5, 5.41) is 0. The van der Waals surface area contributed by atoms with Crippen LogP contribution in [0.4, 0.5) is 5.69 Å². The van der Waals surface area contributed by atoms with E-state index in [0.717, 1.165) is 41.8 Å². The van der Waals surface area contributed by atoms with Crippen molar-refractivity contribution < 1.29 is 14.3 Å². The first kappa shape index (κ1) is 16.5. The van der Waals surface area contributed by atoms with Crippen LogP contribution in [0.5, 0.6) is 0 Å². The molecule has 0 saturated carbocycles. The topological polar surface area (TPSA) is 38.8 Å². The van der Waals surface area contributed by atoms with Gasteiger partial charge in [0.15, 0.2) is 0 Å². The third-order valence-corrected chi connectivity index (χ3v) is 4.78. The zero-order chi connectivity index (χ0) is 16.4. The van der Waals surface area contributed by atoms with Crippen molar-refractivity contribution in [3.63, 3.8) is 0 Å². The highest BCUT2D eigenvalue weighted by atomic mass is 16.7. The van der Waals surface area contributed by atoms with Gasteiger partial charge in [0, 0.05) is 12.1 Å². The molecule has 0 aliphatic carbocycles. The van der Waals surface area contributed by atoms with Gasteiger partial charge in [0.25, 0.3) is 11.7 Å². The quantitative estimate of drug-likeness (QED) is 0.749. The molecule has 1 spiro atoms. The Morgan fingerprint density at radius 3 is 2.48 bits per heavy atom. The van der Waals surface area contributed by atoms with E-state index < -0.39 is 5.79 Å². The fraction of sp³-hybridized carbons (Fsp3) is 0.632. The van der Waals surface area contributed by atoms with Gasteiger partial charge in [-0.1, -0.05) is 44.2 Å². The van der Waals surface area contributed by atoms with Crippen LogP contribution >= 0.6 is 0 Å². The number of benzene rings is 1. The van der Waals surface area contributed by atoms with Crippen molar-refractivity contribution in [2.75, 3.05) is 24.7 Å². The molecule has 0 aromatic heterocycles. The number of hydrogen-bond donors (Lipinski definition) is 0. The largest absolute Gasteiger partial charge is 0.336 e. The lowest BCUT2D eigenvalue weighted by Gasteiger charge is -2.22. The van der Waals surface area contributed by atoms with Gasteiger partial charge >= 0.3 is 0 Å². The molecule has 1 saturated heterocycles. The maximum atomic E-state index is 13.0. The normalized spacial score (nSPS) is 18.9. The highest BCUT2D eigenvalue weighted by Crippen LogP contribution is 2.47. The second-order valence-electron chi connectivity index (χ2n) is 6.66. The van der Waals surface area contributed by atoms with Crippen molar-refractivity contribution in [1.29, 1.82) is 0 Å². The molecular formula is C19H27NO3. The van der Waals surface area contributed by atoms with Gasteiger partial charge in [0.2, 0.25) is 0 Å². The van der Waals surface area contributed by atoms with Crippen LogP contribution in [-0.4, -0.2) is 25.7 Å². The number of rotatable bonds is 6. The average Bonchev–Trinajstić information content (AvgIpc) is 3.08. The van der Waals surface area contributed by atoms with E-state index in [1.165, 1.54) is 19.3 Å². The van der Waals surface area contributed by atoms with Crippen molar-refractivity contribution in [3.8, 4) is 0 Å². The minimum atomic E-state index is -1.18. The zero-order valence-electron chi connectivity index (χ0n) is 14.5. The van der Waals surface area contributed by atoms with Gasteiger partial charge < -0.3 is 14.4 Å². The summed E-state index contributed by atoms with van der Waals surface area (Å²) in [6, 6.07) is 4.17. The predicted molar refractivity (Wildman–Crippen MR) is 90.6 cm³/mol. The number of anilines is 1. The molecule has 2 aliphatic rings. The summed E-state index contributed by atoms with van der Waals surface area (Å²) >= 11 is 0. The molecule has 1 fully saturated rings. The van der Waals surface area contributed by atoms with E-state index in [1.54, 1.807) is 0 Å². The smallest absolute Gasteiger partial charge is 0.292 e. The molecule has 3 rings (SSSR count). The van der Waals surface area contributed by atoms with Gasteiger partial charge in [0.05, 0.1) is 18.9 Å². The van der Waals surface area contributed by atoms with E-state index in [9.17, 15) is 4.79 Å². The molecular weight excluding hydrogens is 290 g/mol. The SMILES string of the molecule is CCCCCCCN1C(=O)C2(OCCO2)c2cc(C)cc(C)c21. The van der Waals surface area contributed by atoms with Crippen molar-refractivity contribution in [2.45, 2.75) is 58.7 Å². The van der Waals surface area contributed by atoms with Crippen LogP contribution in [0, 0.1) is 13.8 Å². The third kappa shape index (κ3) is 2.79. The molecule has 4 nitrogen and oxygen atoms in total. The molecule has 0 bridgehead atoms. The molecule has 0 atom stereocenters. The molecule has 4 heteroatoms. The highest BCUT2D eigenvalue weighted by Gasteiger charge is 2.56. The molecule has 23 heavy (non-hydrogen) atoms. The van der Waals surface area contributed by atoms with Crippen LogP contribution in [0.1, 0.15) is 55.7 Å². The fourth-order valence-electron chi connectivity index (χ4n) is 3.74. The van der Waals surface area contributed by atoms with Crippen molar-refractivity contribution in [2.24, 2.45) is 0 Å². The van der Waals surface area contributed by atoms with E-state index in [1.807, 2.05) is 17.9 Å². The Bertz CT molecular complexity index is 591. The second-order valence-corrected chi connectivity index (χ2v) is 6.66. The van der Waals surface area contributed by atoms with Gasteiger partial charge in [-0.15, -0.1) is 0 Å². The second kappa shape index (κ2) is 6.62. The van der Waals surface area contributed by atoms with E-state index in [-0.39, 0.29) is 5.91 Å². The highest BCUT2D eigenvalue weighted by molar-refractivity contribution is 6.07. The number of unbranched alkanes of at least 4 members (excludes halogenated alkanes) is 4. The summed E-state index contributed by atoms with van der Waals surface area (Å²) in [5.74, 6) is -1.23. The van der Waals surface area contributed by atoms with Crippen molar-refractivity contribution in [3.05, 3.63) is 28.8 Å². The van der Waals surface area contributed by atoms with E-state index in [2.05, 4.69) is 19.9 Å². The number of hydrogen-bond acceptors (Lipinski definition) is 3. The van der Waals surface area contributed by atoms with Crippen LogP contribution < -0.4 is 4.90 Å². The molecule has 0 N–H and O–H groups in total. The van der Waals surface area contributed by atoms with E-state index in [0.29, 0.717) is 13.2 Å². The standard InChI is InChI=1S/C19H27NO3/c1-4-5-6-7-8-9-20-17-15(3)12-14(2)13-16(17)19(18(20)21)22-10-11-23-19/h12-13H,4-11H2,1-3H3. The first-order valence-electron chi connectivity index (χ1n) is 8.81. The van der Waals surface area contributed by atoms with Crippen LogP contribution in [-0.2, 0) is 20.1 Å². The molecule has 1 aromatic rings. The number of ether oxygens (including phenoxy) is 2. The molecule has 2 heterocycles. The molecule has 2 aliphatic heterocycles. The Labute approximate surface area is 138 Å². The van der Waals surface area contributed by atoms with Gasteiger partial charge in [-0.3, -0.25) is 4.79 Å². The van der Waals surface area contributed by atoms with E-state index in [4.69, 9.17) is 9.47 Å². The summed E-state index contributed by atoms with van der Waals surface area (Å²) < 4.78 is 11.6. The van der Waals surface area contributed by atoms with Crippen molar-refractivity contribution >= 4 is 11.6 Å². The number of amides is 1. The number of aryl methyl sites for hydroxylation is 2. The lowest BCUT2D eigenvalue weighted by molar-refractivity contribution is -0.180. The lowest BCUT2D eigenvalue weighted by atomic mass is 10.0. The van der Waals surface area contributed by atoms with E-state index >= 15 is 0 Å². The molecule has 126 valence electrons. The van der Waals surface area contributed by atoms with Gasteiger partial charge in [-0.05, 0) is 31.9 Å². The minimum absolute atomic E-state index is 0.0470. The molecule has 0 radical (unpaired) electrons. The summed E-state index contributed by atoms with van der Waals surface area (Å²) in [6.07, 6.45) is 5.91. The van der Waals surface area contributed by atoms with Gasteiger partial charge in [0.1, 0.15) is 0 Å². The molecule has 1 aromatic carbocycles. The van der Waals surface area contributed by atoms with Crippen molar-refractivity contribution in [1.82, 2.24) is 0 Å².